The van der Waals surface area contributed by atoms with E-state index in [1.165, 1.54) is 0 Å². The van der Waals surface area contributed by atoms with Crippen LogP contribution in [0.5, 0.6) is 0 Å². The molecule has 1 aromatic heterocycles. The molecule has 0 aliphatic heterocycles. The first-order chi connectivity index (χ1) is 9.11. The Balaban J connectivity index is 2.84. The van der Waals surface area contributed by atoms with Gasteiger partial charge in [0.2, 0.25) is 0 Å². The molecular formula is C13H21ClN2O3. The van der Waals surface area contributed by atoms with Crippen LogP contribution in [-0.4, -0.2) is 34.3 Å². The highest BCUT2D eigenvalue weighted by atomic mass is 35.5. The maximum Gasteiger partial charge on any atom is 0.355 e. The van der Waals surface area contributed by atoms with Gasteiger partial charge in [-0.1, -0.05) is 24.9 Å². The molecule has 0 spiro atoms. The molecule has 0 saturated carbocycles. The molecule has 0 radical (unpaired) electrons. The van der Waals surface area contributed by atoms with E-state index in [4.69, 9.17) is 16.3 Å². The Bertz CT molecular complexity index is 418. The van der Waals surface area contributed by atoms with Crippen molar-refractivity contribution in [1.82, 2.24) is 9.55 Å². The average molecular weight is 289 g/mol. The molecule has 1 aromatic rings. The lowest BCUT2D eigenvalue weighted by molar-refractivity contribution is 0.0684. The molecular weight excluding hydrogens is 268 g/mol. The van der Waals surface area contributed by atoms with Crippen LogP contribution >= 0.6 is 11.6 Å². The first-order valence-corrected chi connectivity index (χ1v) is 6.96. The molecule has 0 aliphatic carbocycles. The van der Waals surface area contributed by atoms with Gasteiger partial charge in [-0.25, -0.2) is 9.78 Å². The zero-order valence-corrected chi connectivity index (χ0v) is 12.2. The van der Waals surface area contributed by atoms with Gasteiger partial charge in [0.15, 0.2) is 10.8 Å². The smallest absolute Gasteiger partial charge is 0.355 e. The Morgan fingerprint density at radius 1 is 1.42 bits per heavy atom. The fourth-order valence-corrected chi connectivity index (χ4v) is 2.23. The zero-order chi connectivity index (χ0) is 14.3. The van der Waals surface area contributed by atoms with Crippen LogP contribution in [0.25, 0.3) is 0 Å². The van der Waals surface area contributed by atoms with Gasteiger partial charge in [-0.3, -0.25) is 0 Å². The summed E-state index contributed by atoms with van der Waals surface area (Å²) in [6.45, 7) is 3.38. The Kier molecular flexibility index (Phi) is 6.87. The molecule has 0 fully saturated rings. The van der Waals surface area contributed by atoms with Crippen LogP contribution in [0, 0.1) is 0 Å². The van der Waals surface area contributed by atoms with Crippen molar-refractivity contribution in [2.75, 3.05) is 13.7 Å². The van der Waals surface area contributed by atoms with Gasteiger partial charge in [-0.15, -0.1) is 0 Å². The topological polar surface area (TPSA) is 64.3 Å². The summed E-state index contributed by atoms with van der Waals surface area (Å²) < 4.78 is 6.72. The zero-order valence-electron chi connectivity index (χ0n) is 11.5. The van der Waals surface area contributed by atoms with Gasteiger partial charge in [-0.2, -0.15) is 0 Å². The second-order valence-corrected chi connectivity index (χ2v) is 4.79. The summed E-state index contributed by atoms with van der Waals surface area (Å²) in [6, 6.07) is 0. The number of ether oxygens (including phenoxy) is 1. The van der Waals surface area contributed by atoms with Crippen LogP contribution < -0.4 is 0 Å². The molecule has 0 saturated heterocycles. The van der Waals surface area contributed by atoms with E-state index in [9.17, 15) is 9.90 Å². The molecule has 0 aromatic carbocycles. The standard InChI is InChI=1S/C13H21ClN2O3/c1-3-4-7-10-15-12(14)11(13(17)18)16(10)8-5-6-9-19-2/h3-9H2,1-2H3,(H,17,18). The van der Waals surface area contributed by atoms with Crippen LogP contribution in [-0.2, 0) is 17.7 Å². The number of unbranched alkanes of at least 4 members (excludes halogenated alkanes) is 2. The van der Waals surface area contributed by atoms with Crippen LogP contribution in [0.2, 0.25) is 5.15 Å². The quantitative estimate of drug-likeness (QED) is 0.710. The third-order valence-electron chi connectivity index (χ3n) is 2.94. The molecule has 0 aliphatic rings. The molecule has 0 amide bonds. The van der Waals surface area contributed by atoms with E-state index in [0.717, 1.165) is 37.9 Å². The Hall–Kier alpha value is -1.07. The number of aromatic carboxylic acids is 1. The van der Waals surface area contributed by atoms with Gasteiger partial charge in [0.25, 0.3) is 0 Å². The minimum absolute atomic E-state index is 0.0883. The molecule has 0 bridgehead atoms. The van der Waals surface area contributed by atoms with Crippen LogP contribution in [0.3, 0.4) is 0 Å². The number of carboxylic acid groups (broad SMARTS) is 1. The van der Waals surface area contributed by atoms with Crippen LogP contribution in [0.15, 0.2) is 0 Å². The second kappa shape index (κ2) is 8.17. The monoisotopic (exact) mass is 288 g/mol. The first kappa shape index (κ1) is 16.0. The summed E-state index contributed by atoms with van der Waals surface area (Å²) in [6.07, 6.45) is 4.51. The Labute approximate surface area is 118 Å². The van der Waals surface area contributed by atoms with Gasteiger partial charge in [0.1, 0.15) is 5.82 Å². The molecule has 1 rings (SSSR count). The lowest BCUT2D eigenvalue weighted by Crippen LogP contribution is -2.12. The number of aromatic nitrogens is 2. The third-order valence-corrected chi connectivity index (χ3v) is 3.20. The minimum Gasteiger partial charge on any atom is -0.476 e. The average Bonchev–Trinajstić information content (AvgIpc) is 2.68. The van der Waals surface area contributed by atoms with Crippen molar-refractivity contribution in [3.8, 4) is 0 Å². The van der Waals surface area contributed by atoms with Crippen LogP contribution in [0.4, 0.5) is 0 Å². The molecule has 6 heteroatoms. The van der Waals surface area contributed by atoms with E-state index >= 15 is 0 Å². The molecule has 0 unspecified atom stereocenters. The summed E-state index contributed by atoms with van der Waals surface area (Å²) in [4.78, 5) is 15.4. The highest BCUT2D eigenvalue weighted by Crippen LogP contribution is 2.20. The first-order valence-electron chi connectivity index (χ1n) is 6.58. The summed E-state index contributed by atoms with van der Waals surface area (Å²) >= 11 is 5.93. The van der Waals surface area contributed by atoms with Crippen molar-refractivity contribution in [2.24, 2.45) is 0 Å². The van der Waals surface area contributed by atoms with Crippen molar-refractivity contribution >= 4 is 17.6 Å². The number of methoxy groups -OCH3 is 1. The fraction of sp³-hybridized carbons (Fsp3) is 0.692. The summed E-state index contributed by atoms with van der Waals surface area (Å²) in [5.74, 6) is -0.256. The molecule has 5 nitrogen and oxygen atoms in total. The van der Waals surface area contributed by atoms with Gasteiger partial charge >= 0.3 is 5.97 Å². The molecule has 0 atom stereocenters. The number of imidazole rings is 1. The van der Waals surface area contributed by atoms with E-state index in [1.807, 2.05) is 0 Å². The lowest BCUT2D eigenvalue weighted by atomic mass is 10.2. The number of halogens is 1. The molecule has 1 heterocycles. The van der Waals surface area contributed by atoms with Crippen molar-refractivity contribution in [1.29, 1.82) is 0 Å². The van der Waals surface area contributed by atoms with Gasteiger partial charge in [-0.05, 0) is 19.3 Å². The summed E-state index contributed by atoms with van der Waals surface area (Å²) in [5, 5.41) is 9.31. The summed E-state index contributed by atoms with van der Waals surface area (Å²) in [5.41, 5.74) is 0.102. The van der Waals surface area contributed by atoms with Crippen LogP contribution in [0.1, 0.15) is 48.9 Å². The molecule has 108 valence electrons. The molecule has 1 N–H and O–H groups in total. The number of rotatable bonds is 9. The maximum absolute atomic E-state index is 11.2. The van der Waals surface area contributed by atoms with E-state index in [0.29, 0.717) is 13.2 Å². The number of hydrogen-bond donors (Lipinski definition) is 1. The predicted molar refractivity (Wildman–Crippen MR) is 73.9 cm³/mol. The van der Waals surface area contributed by atoms with Crippen molar-refractivity contribution in [3.63, 3.8) is 0 Å². The van der Waals surface area contributed by atoms with E-state index in [1.54, 1.807) is 11.7 Å². The second-order valence-electron chi connectivity index (χ2n) is 4.43. The lowest BCUT2D eigenvalue weighted by Gasteiger charge is -2.09. The number of carboxylic acids is 1. The van der Waals surface area contributed by atoms with Crippen molar-refractivity contribution in [3.05, 3.63) is 16.7 Å². The number of nitrogens with zero attached hydrogens (tertiary/aromatic N) is 2. The largest absolute Gasteiger partial charge is 0.476 e. The van der Waals surface area contributed by atoms with E-state index in [-0.39, 0.29) is 10.8 Å². The SMILES string of the molecule is CCCCc1nc(Cl)c(C(=O)O)n1CCCCOC. The Morgan fingerprint density at radius 3 is 2.74 bits per heavy atom. The Morgan fingerprint density at radius 2 is 2.16 bits per heavy atom. The van der Waals surface area contributed by atoms with E-state index < -0.39 is 5.97 Å². The third kappa shape index (κ3) is 4.51. The number of hydrogen-bond acceptors (Lipinski definition) is 3. The van der Waals surface area contributed by atoms with Gasteiger partial charge < -0.3 is 14.4 Å². The molecule has 19 heavy (non-hydrogen) atoms. The maximum atomic E-state index is 11.2. The fourth-order valence-electron chi connectivity index (χ4n) is 1.95. The number of aryl methyl sites for hydroxylation is 1. The van der Waals surface area contributed by atoms with Gasteiger partial charge in [0, 0.05) is 26.7 Å². The van der Waals surface area contributed by atoms with Crippen molar-refractivity contribution < 1.29 is 14.6 Å². The summed E-state index contributed by atoms with van der Waals surface area (Å²) in [7, 11) is 1.66. The van der Waals surface area contributed by atoms with Gasteiger partial charge in [0.05, 0.1) is 0 Å². The number of carbonyl (C=O) groups is 1. The highest BCUT2D eigenvalue weighted by molar-refractivity contribution is 6.32. The highest BCUT2D eigenvalue weighted by Gasteiger charge is 2.20. The minimum atomic E-state index is -1.02. The van der Waals surface area contributed by atoms with E-state index in [2.05, 4.69) is 11.9 Å². The predicted octanol–water partition coefficient (Wildman–Crippen LogP) is 3.00. The van der Waals surface area contributed by atoms with Crippen molar-refractivity contribution in [2.45, 2.75) is 45.6 Å². The normalized spacial score (nSPS) is 10.9.